The summed E-state index contributed by atoms with van der Waals surface area (Å²) >= 11 is 0. The number of ether oxygens (including phenoxy) is 2. The molecule has 20 heteroatoms. The van der Waals surface area contributed by atoms with Gasteiger partial charge >= 0.3 is 19.3 Å². The summed E-state index contributed by atoms with van der Waals surface area (Å²) in [6.07, 6.45) is 0.340. The molecule has 40 heavy (non-hydrogen) atoms. The molecule has 0 spiro atoms. The molecule has 1 unspecified atom stereocenters. The third-order valence-electron chi connectivity index (χ3n) is 4.27. The van der Waals surface area contributed by atoms with Gasteiger partial charge in [-0.2, -0.15) is 9.97 Å². The Morgan fingerprint density at radius 3 is 2.12 bits per heavy atom. The number of rotatable bonds is 11. The second-order valence-corrected chi connectivity index (χ2v) is 10.7. The van der Waals surface area contributed by atoms with Crippen LogP contribution in [0.4, 0.5) is 21.2 Å². The quantitative estimate of drug-likeness (QED) is 0.173. The number of sulfonamides is 1. The molecular formula is C20H28N7O11PS. The van der Waals surface area contributed by atoms with Crippen LogP contribution in [0.1, 0.15) is 17.3 Å². The molecule has 1 aromatic heterocycles. The van der Waals surface area contributed by atoms with Gasteiger partial charge in [0.1, 0.15) is 4.90 Å². The highest BCUT2D eigenvalue weighted by molar-refractivity contribution is 7.90. The third-order valence-corrected chi connectivity index (χ3v) is 6.80. The molecule has 5 amide bonds. The van der Waals surface area contributed by atoms with E-state index in [-0.39, 0.29) is 35.6 Å². The number of nitrogens with two attached hydrogens (primary N) is 1. The van der Waals surface area contributed by atoms with Crippen molar-refractivity contribution in [2.24, 2.45) is 5.73 Å². The first-order valence-electron chi connectivity index (χ1n) is 10.8. The number of hydrogen-bond donors (Lipinski definition) is 5. The average molecular weight is 606 g/mol. The zero-order valence-corrected chi connectivity index (χ0v) is 23.6. The van der Waals surface area contributed by atoms with E-state index < -0.39 is 40.1 Å². The minimum Gasteiger partial charge on any atom is -0.481 e. The van der Waals surface area contributed by atoms with Gasteiger partial charge in [-0.1, -0.05) is 0 Å². The van der Waals surface area contributed by atoms with Crippen molar-refractivity contribution in [2.45, 2.75) is 11.8 Å². The molecule has 18 nitrogen and oxygen atoms in total. The summed E-state index contributed by atoms with van der Waals surface area (Å²) in [5.41, 5.74) is 3.06. The summed E-state index contributed by atoms with van der Waals surface area (Å²) in [6.45, 7) is 1.49. The molecule has 6 N–H and O–H groups in total. The molecular weight excluding hydrogens is 577 g/mol. The second kappa shape index (κ2) is 14.7. The predicted molar refractivity (Wildman–Crippen MR) is 140 cm³/mol. The monoisotopic (exact) mass is 605 g/mol. The van der Waals surface area contributed by atoms with Crippen molar-refractivity contribution in [2.75, 3.05) is 45.6 Å². The number of carbonyl (C=O) groups is 4. The predicted octanol–water partition coefficient (Wildman–Crippen LogP) is 0.561. The normalized spacial score (nSPS) is 11.9. The maximum Gasteiger partial charge on any atom is 0.415 e. The summed E-state index contributed by atoms with van der Waals surface area (Å²) < 4.78 is 51.8. The van der Waals surface area contributed by atoms with Gasteiger partial charge < -0.3 is 34.8 Å². The van der Waals surface area contributed by atoms with Crippen molar-refractivity contribution >= 4 is 53.3 Å². The molecule has 0 saturated carbocycles. The van der Waals surface area contributed by atoms with Crippen LogP contribution < -0.4 is 30.6 Å². The first kappa shape index (κ1) is 33.7. The fourth-order valence-electron chi connectivity index (χ4n) is 2.53. The molecule has 1 atom stereocenters. The summed E-state index contributed by atoms with van der Waals surface area (Å²) in [5, 5.41) is 4.44. The van der Waals surface area contributed by atoms with Crippen LogP contribution in [0.5, 0.6) is 11.8 Å². The van der Waals surface area contributed by atoms with Gasteiger partial charge in [-0.25, -0.2) is 22.5 Å². The fraction of sp³-hybridized carbons (Fsp3) is 0.300. The van der Waals surface area contributed by atoms with Crippen molar-refractivity contribution in [3.8, 4) is 11.8 Å². The van der Waals surface area contributed by atoms with Crippen LogP contribution in [0.2, 0.25) is 0 Å². The number of methoxy groups -OCH3 is 2. The highest BCUT2D eigenvalue weighted by Crippen LogP contribution is 2.40. The lowest BCUT2D eigenvalue weighted by atomic mass is 10.2. The van der Waals surface area contributed by atoms with Gasteiger partial charge in [-0.05, 0) is 25.1 Å². The summed E-state index contributed by atoms with van der Waals surface area (Å²) in [5.74, 6) is -0.780. The maximum absolute atomic E-state index is 12.8. The van der Waals surface area contributed by atoms with Crippen LogP contribution in [0.15, 0.2) is 29.2 Å². The lowest BCUT2D eigenvalue weighted by Crippen LogP contribution is -2.36. The van der Waals surface area contributed by atoms with Crippen LogP contribution in [-0.2, 0) is 23.9 Å². The Morgan fingerprint density at radius 2 is 1.70 bits per heavy atom. The number of nitrogens with one attached hydrogen (secondary N) is 3. The Morgan fingerprint density at radius 1 is 1.12 bits per heavy atom. The Bertz CT molecular complexity index is 1380. The zero-order valence-electron chi connectivity index (χ0n) is 21.9. The topological polar surface area (TPSA) is 259 Å². The molecule has 2 rings (SSSR count). The van der Waals surface area contributed by atoms with Gasteiger partial charge in [0.15, 0.2) is 0 Å². The first-order valence-corrected chi connectivity index (χ1v) is 13.8. The SMILES string of the molecule is CCOP(=O)(O)C(N)=O.COc1cc(OC)nc(NC(=O)NS(=O)(=O)c2cc(NC=O)ccc2C(=O)N(C)C)n1. The summed E-state index contributed by atoms with van der Waals surface area (Å²) in [6, 6.07) is 3.76. The molecule has 0 bridgehead atoms. The van der Waals surface area contributed by atoms with E-state index in [1.807, 2.05) is 0 Å². The van der Waals surface area contributed by atoms with Gasteiger partial charge in [0, 0.05) is 19.8 Å². The Hall–Kier alpha value is -4.32. The molecule has 0 aliphatic heterocycles. The lowest BCUT2D eigenvalue weighted by Gasteiger charge is -2.16. The van der Waals surface area contributed by atoms with E-state index in [0.717, 1.165) is 11.0 Å². The second-order valence-electron chi connectivity index (χ2n) is 7.29. The minimum absolute atomic E-state index is 0.00326. The van der Waals surface area contributed by atoms with E-state index in [1.165, 1.54) is 53.4 Å². The van der Waals surface area contributed by atoms with E-state index in [9.17, 15) is 32.2 Å². The number of aromatic nitrogens is 2. The van der Waals surface area contributed by atoms with E-state index in [0.29, 0.717) is 6.41 Å². The van der Waals surface area contributed by atoms with Gasteiger partial charge in [-0.15, -0.1) is 0 Å². The highest BCUT2D eigenvalue weighted by atomic mass is 32.2. The van der Waals surface area contributed by atoms with Crippen molar-refractivity contribution < 1.29 is 51.1 Å². The molecule has 0 fully saturated rings. The number of urea groups is 1. The Kier molecular flexibility index (Phi) is 12.4. The van der Waals surface area contributed by atoms with Crippen LogP contribution in [0.25, 0.3) is 0 Å². The highest BCUT2D eigenvalue weighted by Gasteiger charge is 2.27. The molecule has 2 aromatic rings. The Labute approximate surface area is 228 Å². The Balaban J connectivity index is 0.000000763. The van der Waals surface area contributed by atoms with Crippen molar-refractivity contribution in [1.82, 2.24) is 19.6 Å². The molecule has 1 heterocycles. The van der Waals surface area contributed by atoms with Gasteiger partial charge in [0.2, 0.25) is 24.1 Å². The fourth-order valence-corrected chi connectivity index (χ4v) is 4.14. The standard InChI is InChI=1S/C17H20N6O7S.C3H8NO4P/c1-23(2)15(25)11-6-5-10(18-9-24)7-12(11)31(27,28)22-17(26)21-16-19-13(29-3)8-14(20-16)30-4;1-2-8-9(6,7)3(4)5/h5-9H,1-4H3,(H,18,24)(H2,19,20,21,22,26);2H2,1H3,(H2,4,5)(H,6,7). The largest absolute Gasteiger partial charge is 0.481 e. The number of hydrogen-bond acceptors (Lipinski definition) is 12. The van der Waals surface area contributed by atoms with Gasteiger partial charge in [0.25, 0.3) is 15.9 Å². The number of carbonyl (C=O) groups excluding carboxylic acids is 4. The lowest BCUT2D eigenvalue weighted by molar-refractivity contribution is -0.105. The number of benzene rings is 1. The van der Waals surface area contributed by atoms with Crippen LogP contribution >= 0.6 is 7.60 Å². The molecule has 0 radical (unpaired) electrons. The summed E-state index contributed by atoms with van der Waals surface area (Å²) in [7, 11) is -3.13. The van der Waals surface area contributed by atoms with Crippen molar-refractivity contribution in [3.05, 3.63) is 29.8 Å². The zero-order chi connectivity index (χ0) is 30.7. The van der Waals surface area contributed by atoms with Crippen LogP contribution in [-0.4, -0.2) is 87.1 Å². The van der Waals surface area contributed by atoms with Crippen LogP contribution in [0, 0.1) is 0 Å². The molecule has 0 aliphatic rings. The van der Waals surface area contributed by atoms with E-state index >= 15 is 0 Å². The number of anilines is 2. The molecule has 0 saturated heterocycles. The third kappa shape index (κ3) is 9.77. The number of nitrogens with zero attached hydrogens (tertiary/aromatic N) is 3. The summed E-state index contributed by atoms with van der Waals surface area (Å²) in [4.78, 5) is 62.2. The van der Waals surface area contributed by atoms with Crippen molar-refractivity contribution in [1.29, 1.82) is 0 Å². The molecule has 220 valence electrons. The maximum atomic E-state index is 12.8. The van der Waals surface area contributed by atoms with E-state index in [4.69, 9.17) is 14.4 Å². The van der Waals surface area contributed by atoms with Crippen LogP contribution in [0.3, 0.4) is 0 Å². The van der Waals surface area contributed by atoms with Crippen molar-refractivity contribution in [3.63, 3.8) is 0 Å². The van der Waals surface area contributed by atoms with Gasteiger partial charge in [-0.3, -0.25) is 19.7 Å². The minimum atomic E-state index is -4.54. The van der Waals surface area contributed by atoms with E-state index in [1.54, 1.807) is 4.72 Å². The van der Waals surface area contributed by atoms with Gasteiger partial charge in [0.05, 0.1) is 32.5 Å². The molecule has 1 aromatic carbocycles. The number of amides is 5. The molecule has 0 aliphatic carbocycles. The first-order chi connectivity index (χ1) is 18.6. The van der Waals surface area contributed by atoms with E-state index in [2.05, 4.69) is 30.9 Å². The average Bonchev–Trinajstić information content (AvgIpc) is 2.88. The smallest absolute Gasteiger partial charge is 0.415 e. The number of primary amides is 1.